The Bertz CT molecular complexity index is 928. The first-order valence-corrected chi connectivity index (χ1v) is 9.18. The van der Waals surface area contributed by atoms with Crippen molar-refractivity contribution in [1.82, 2.24) is 19.7 Å². The highest BCUT2D eigenvalue weighted by Gasteiger charge is 2.21. The number of hydrogen-bond acceptors (Lipinski definition) is 5. The maximum Gasteiger partial charge on any atom is 0.263 e. The summed E-state index contributed by atoms with van der Waals surface area (Å²) in [6.07, 6.45) is 6.83. The molecule has 7 nitrogen and oxygen atoms in total. The minimum absolute atomic E-state index is 0.244. The Morgan fingerprint density at radius 1 is 1.23 bits per heavy atom. The molecule has 1 aromatic carbocycles. The van der Waals surface area contributed by atoms with E-state index in [9.17, 15) is 9.90 Å². The van der Waals surface area contributed by atoms with Crippen LogP contribution in [0.2, 0.25) is 0 Å². The van der Waals surface area contributed by atoms with Crippen molar-refractivity contribution in [3.63, 3.8) is 0 Å². The van der Waals surface area contributed by atoms with E-state index in [0.717, 1.165) is 18.5 Å². The van der Waals surface area contributed by atoms with Gasteiger partial charge in [-0.3, -0.25) is 9.78 Å². The zero-order valence-electron chi connectivity index (χ0n) is 14.6. The number of para-hydroxylation sites is 1. The van der Waals surface area contributed by atoms with E-state index < -0.39 is 6.10 Å². The monoisotopic (exact) mass is 353 g/mol. The predicted molar refractivity (Wildman–Crippen MR) is 101 cm³/mol. The summed E-state index contributed by atoms with van der Waals surface area (Å²) in [4.78, 5) is 19.6. The second kappa shape index (κ2) is 7.29. The van der Waals surface area contributed by atoms with Gasteiger partial charge in [-0.05, 0) is 30.9 Å². The molecule has 0 saturated heterocycles. The van der Waals surface area contributed by atoms with Crippen molar-refractivity contribution in [2.75, 3.05) is 11.9 Å². The predicted octanol–water partition coefficient (Wildman–Crippen LogP) is 2.46. The molecule has 1 aliphatic carbocycles. The number of fused-ring (bicyclic) bond motifs is 1. The number of hydrogen-bond donors (Lipinski definition) is 3. The van der Waals surface area contributed by atoms with E-state index >= 15 is 0 Å². The van der Waals surface area contributed by atoms with Gasteiger partial charge < -0.3 is 10.4 Å². The van der Waals surface area contributed by atoms with E-state index in [1.165, 1.54) is 25.5 Å². The van der Waals surface area contributed by atoms with Crippen LogP contribution in [-0.4, -0.2) is 37.5 Å². The molecule has 0 radical (unpaired) electrons. The van der Waals surface area contributed by atoms with E-state index in [4.69, 9.17) is 0 Å². The number of nitrogens with one attached hydrogen (secondary N) is 2. The molecule has 0 aliphatic heterocycles. The first-order chi connectivity index (χ1) is 12.7. The number of aliphatic hydroxyl groups excluding tert-OH is 1. The molecule has 0 spiro atoms. The Balaban J connectivity index is 1.57. The molecule has 136 valence electrons. The van der Waals surface area contributed by atoms with Crippen molar-refractivity contribution in [2.45, 2.75) is 38.2 Å². The van der Waals surface area contributed by atoms with Crippen molar-refractivity contribution >= 4 is 17.0 Å². The molecule has 4 rings (SSSR count). The highest BCUT2D eigenvalue weighted by molar-refractivity contribution is 5.76. The van der Waals surface area contributed by atoms with E-state index in [2.05, 4.69) is 20.4 Å². The summed E-state index contributed by atoms with van der Waals surface area (Å²) in [5.74, 6) is 0.677. The van der Waals surface area contributed by atoms with Gasteiger partial charge in [0.2, 0.25) is 5.95 Å². The zero-order chi connectivity index (χ0) is 17.9. The summed E-state index contributed by atoms with van der Waals surface area (Å²) in [5.41, 5.74) is 1.09. The topological polar surface area (TPSA) is 95.8 Å². The van der Waals surface area contributed by atoms with E-state index in [1.54, 1.807) is 4.68 Å². The molecule has 0 amide bonds. The fraction of sp³-hybridized carbons (Fsp3) is 0.421. The molecular weight excluding hydrogens is 330 g/mol. The Hall–Kier alpha value is -2.67. The van der Waals surface area contributed by atoms with Crippen molar-refractivity contribution in [3.05, 3.63) is 46.9 Å². The standard InChI is InChI=1S/C19H23N5O2/c25-16(13-7-3-1-4-8-13)12-20-19-22-17-15(18(26)23-19)11-21-24(17)14-9-5-2-6-10-14/h2,5-6,9-11,13,16,25H,1,3-4,7-8,12H2,(H2,20,22,23,26). The van der Waals surface area contributed by atoms with E-state index in [0.29, 0.717) is 29.4 Å². The molecule has 1 aliphatic rings. The van der Waals surface area contributed by atoms with Crippen LogP contribution in [0.3, 0.4) is 0 Å². The van der Waals surface area contributed by atoms with Crippen LogP contribution in [0.5, 0.6) is 0 Å². The first-order valence-electron chi connectivity index (χ1n) is 9.18. The molecule has 1 fully saturated rings. The number of aliphatic hydroxyl groups is 1. The van der Waals surface area contributed by atoms with Crippen LogP contribution in [0.1, 0.15) is 32.1 Å². The minimum Gasteiger partial charge on any atom is -0.391 e. The van der Waals surface area contributed by atoms with Crippen LogP contribution >= 0.6 is 0 Å². The number of nitrogens with zero attached hydrogens (tertiary/aromatic N) is 3. The average molecular weight is 353 g/mol. The molecule has 3 N–H and O–H groups in total. The molecule has 2 aromatic heterocycles. The molecule has 7 heteroatoms. The van der Waals surface area contributed by atoms with Gasteiger partial charge >= 0.3 is 0 Å². The Morgan fingerprint density at radius 2 is 2.00 bits per heavy atom. The van der Waals surface area contributed by atoms with E-state index in [1.807, 2.05) is 30.3 Å². The number of anilines is 1. The van der Waals surface area contributed by atoms with Crippen LogP contribution in [0.4, 0.5) is 5.95 Å². The third-order valence-corrected chi connectivity index (χ3v) is 5.11. The quantitative estimate of drug-likeness (QED) is 0.655. The second-order valence-electron chi connectivity index (χ2n) is 6.89. The van der Waals surface area contributed by atoms with Gasteiger partial charge in [0.25, 0.3) is 5.56 Å². The lowest BCUT2D eigenvalue weighted by molar-refractivity contribution is 0.0955. The van der Waals surface area contributed by atoms with Crippen molar-refractivity contribution in [3.8, 4) is 5.69 Å². The third kappa shape index (κ3) is 3.35. The number of H-pyrrole nitrogens is 1. The summed E-state index contributed by atoms with van der Waals surface area (Å²) in [6, 6.07) is 9.57. The number of aromatic amines is 1. The highest BCUT2D eigenvalue weighted by Crippen LogP contribution is 2.26. The van der Waals surface area contributed by atoms with Gasteiger partial charge in [0.1, 0.15) is 5.39 Å². The lowest BCUT2D eigenvalue weighted by Crippen LogP contribution is -2.30. The second-order valence-corrected chi connectivity index (χ2v) is 6.89. The van der Waals surface area contributed by atoms with Crippen molar-refractivity contribution in [1.29, 1.82) is 0 Å². The summed E-state index contributed by atoms with van der Waals surface area (Å²) >= 11 is 0. The Kier molecular flexibility index (Phi) is 4.71. The fourth-order valence-corrected chi connectivity index (χ4v) is 3.65. The highest BCUT2D eigenvalue weighted by atomic mass is 16.3. The van der Waals surface area contributed by atoms with Crippen LogP contribution in [-0.2, 0) is 0 Å². The Morgan fingerprint density at radius 3 is 2.77 bits per heavy atom. The molecule has 1 unspecified atom stereocenters. The van der Waals surface area contributed by atoms with Gasteiger partial charge in [0.05, 0.1) is 18.0 Å². The van der Waals surface area contributed by atoms with Crippen LogP contribution in [0.15, 0.2) is 41.3 Å². The van der Waals surface area contributed by atoms with Gasteiger partial charge in [0, 0.05) is 6.54 Å². The molecule has 1 saturated carbocycles. The summed E-state index contributed by atoms with van der Waals surface area (Å²) < 4.78 is 1.65. The number of rotatable bonds is 5. The van der Waals surface area contributed by atoms with Gasteiger partial charge in [-0.1, -0.05) is 37.5 Å². The molecule has 3 aromatic rings. The van der Waals surface area contributed by atoms with Crippen LogP contribution < -0.4 is 10.9 Å². The van der Waals surface area contributed by atoms with Gasteiger partial charge in [-0.2, -0.15) is 10.1 Å². The zero-order valence-corrected chi connectivity index (χ0v) is 14.6. The van der Waals surface area contributed by atoms with Crippen LogP contribution in [0.25, 0.3) is 16.7 Å². The first kappa shape index (κ1) is 16.8. The third-order valence-electron chi connectivity index (χ3n) is 5.11. The fourth-order valence-electron chi connectivity index (χ4n) is 3.65. The van der Waals surface area contributed by atoms with Gasteiger partial charge in [0.15, 0.2) is 5.65 Å². The lowest BCUT2D eigenvalue weighted by Gasteiger charge is -2.26. The summed E-state index contributed by atoms with van der Waals surface area (Å²) in [6.45, 7) is 0.374. The maximum atomic E-state index is 12.3. The number of aromatic nitrogens is 4. The molecule has 1 atom stereocenters. The summed E-state index contributed by atoms with van der Waals surface area (Å²) in [5, 5.41) is 18.2. The van der Waals surface area contributed by atoms with Gasteiger partial charge in [-0.25, -0.2) is 4.68 Å². The normalized spacial score (nSPS) is 16.7. The summed E-state index contributed by atoms with van der Waals surface area (Å²) in [7, 11) is 0. The minimum atomic E-state index is -0.435. The maximum absolute atomic E-state index is 12.3. The molecule has 26 heavy (non-hydrogen) atoms. The van der Waals surface area contributed by atoms with Crippen molar-refractivity contribution in [2.24, 2.45) is 5.92 Å². The van der Waals surface area contributed by atoms with Crippen molar-refractivity contribution < 1.29 is 5.11 Å². The van der Waals surface area contributed by atoms with E-state index in [-0.39, 0.29) is 5.56 Å². The largest absolute Gasteiger partial charge is 0.391 e. The van der Waals surface area contributed by atoms with Crippen LogP contribution in [0, 0.1) is 5.92 Å². The van der Waals surface area contributed by atoms with Gasteiger partial charge in [-0.15, -0.1) is 0 Å². The molecule has 2 heterocycles. The number of benzene rings is 1. The smallest absolute Gasteiger partial charge is 0.263 e. The molecule has 0 bridgehead atoms. The molecular formula is C19H23N5O2. The SMILES string of the molecule is O=c1[nH]c(NCC(O)C2CCCCC2)nc2c1cnn2-c1ccccc1. The Labute approximate surface area is 151 Å². The lowest BCUT2D eigenvalue weighted by atomic mass is 9.85. The average Bonchev–Trinajstić information content (AvgIpc) is 3.12.